The molecule has 0 fully saturated rings. The zero-order valence-corrected chi connectivity index (χ0v) is 13.1. The Balaban J connectivity index is 1.80. The van der Waals surface area contributed by atoms with Crippen LogP contribution >= 0.6 is 0 Å². The maximum atomic E-state index is 13.4. The van der Waals surface area contributed by atoms with Crippen molar-refractivity contribution >= 4 is 17.6 Å². The molecular formula is C18H17F2NO3. The van der Waals surface area contributed by atoms with Crippen molar-refractivity contribution < 1.29 is 23.1 Å². The number of hydrogen-bond donors (Lipinski definition) is 1. The van der Waals surface area contributed by atoms with Gasteiger partial charge in [0, 0.05) is 6.07 Å². The third-order valence-corrected chi connectivity index (χ3v) is 3.41. The lowest BCUT2D eigenvalue weighted by Crippen LogP contribution is -2.22. The molecule has 0 bridgehead atoms. The highest BCUT2D eigenvalue weighted by Crippen LogP contribution is 2.19. The van der Waals surface area contributed by atoms with Crippen LogP contribution in [0.2, 0.25) is 0 Å². The second-order valence-electron chi connectivity index (χ2n) is 5.35. The van der Waals surface area contributed by atoms with Gasteiger partial charge in [0.05, 0.1) is 12.1 Å². The fraction of sp³-hybridized carbons (Fsp3) is 0.222. The van der Waals surface area contributed by atoms with Crippen molar-refractivity contribution in [3.8, 4) is 0 Å². The summed E-state index contributed by atoms with van der Waals surface area (Å²) >= 11 is 0. The molecule has 1 amide bonds. The molecule has 0 aliphatic heterocycles. The van der Waals surface area contributed by atoms with Gasteiger partial charge in [-0.1, -0.05) is 37.3 Å². The number of rotatable bonds is 6. The van der Waals surface area contributed by atoms with Crippen molar-refractivity contribution in [2.24, 2.45) is 0 Å². The third-order valence-electron chi connectivity index (χ3n) is 3.41. The molecule has 0 aliphatic carbocycles. The molecule has 24 heavy (non-hydrogen) atoms. The van der Waals surface area contributed by atoms with Gasteiger partial charge in [-0.15, -0.1) is 0 Å². The zero-order chi connectivity index (χ0) is 17.5. The van der Waals surface area contributed by atoms with Crippen LogP contribution in [0, 0.1) is 11.6 Å². The molecule has 0 saturated carbocycles. The topological polar surface area (TPSA) is 55.4 Å². The summed E-state index contributed by atoms with van der Waals surface area (Å²) < 4.78 is 31.1. The SMILES string of the molecule is CC(CC(=O)OCC(=O)Nc1ccc(F)cc1F)c1ccccc1. The molecule has 1 unspecified atom stereocenters. The second-order valence-corrected chi connectivity index (χ2v) is 5.35. The minimum Gasteiger partial charge on any atom is -0.456 e. The van der Waals surface area contributed by atoms with Gasteiger partial charge < -0.3 is 10.1 Å². The first kappa shape index (κ1) is 17.6. The lowest BCUT2D eigenvalue weighted by molar-refractivity contribution is -0.147. The van der Waals surface area contributed by atoms with Crippen LogP contribution in [0.4, 0.5) is 14.5 Å². The number of amides is 1. The lowest BCUT2D eigenvalue weighted by Gasteiger charge is -2.11. The van der Waals surface area contributed by atoms with Crippen molar-refractivity contribution in [3.05, 3.63) is 65.7 Å². The van der Waals surface area contributed by atoms with Crippen LogP contribution in [0.3, 0.4) is 0 Å². The van der Waals surface area contributed by atoms with Gasteiger partial charge in [-0.05, 0) is 23.6 Å². The standard InChI is InChI=1S/C18H17F2NO3/c1-12(13-5-3-2-4-6-13)9-18(23)24-11-17(22)21-16-8-7-14(19)10-15(16)20/h2-8,10,12H,9,11H2,1H3,(H,21,22). The molecule has 1 N–H and O–H groups in total. The summed E-state index contributed by atoms with van der Waals surface area (Å²) in [6.45, 7) is 1.35. The number of anilines is 1. The van der Waals surface area contributed by atoms with E-state index in [2.05, 4.69) is 5.32 Å². The van der Waals surface area contributed by atoms with Gasteiger partial charge in [0.15, 0.2) is 6.61 Å². The van der Waals surface area contributed by atoms with E-state index in [1.807, 2.05) is 37.3 Å². The molecule has 0 heterocycles. The second kappa shape index (κ2) is 8.19. The van der Waals surface area contributed by atoms with Crippen molar-refractivity contribution in [1.82, 2.24) is 0 Å². The van der Waals surface area contributed by atoms with Gasteiger partial charge >= 0.3 is 5.97 Å². The van der Waals surface area contributed by atoms with Gasteiger partial charge in [0.25, 0.3) is 5.91 Å². The van der Waals surface area contributed by atoms with Gasteiger partial charge in [-0.2, -0.15) is 0 Å². The van der Waals surface area contributed by atoms with E-state index in [-0.39, 0.29) is 18.0 Å². The van der Waals surface area contributed by atoms with Crippen molar-refractivity contribution in [2.75, 3.05) is 11.9 Å². The van der Waals surface area contributed by atoms with Crippen molar-refractivity contribution in [2.45, 2.75) is 19.3 Å². The van der Waals surface area contributed by atoms with E-state index < -0.39 is 30.1 Å². The van der Waals surface area contributed by atoms with Gasteiger partial charge in [0.2, 0.25) is 0 Å². The minimum absolute atomic E-state index is 0.0451. The Morgan fingerprint density at radius 1 is 1.12 bits per heavy atom. The average Bonchev–Trinajstić information content (AvgIpc) is 2.56. The van der Waals surface area contributed by atoms with E-state index in [9.17, 15) is 18.4 Å². The predicted octanol–water partition coefficient (Wildman–Crippen LogP) is 3.64. The molecular weight excluding hydrogens is 316 g/mol. The number of carbonyl (C=O) groups excluding carboxylic acids is 2. The summed E-state index contributed by atoms with van der Waals surface area (Å²) in [5.41, 5.74) is 0.822. The van der Waals surface area contributed by atoms with E-state index in [0.717, 1.165) is 17.7 Å². The van der Waals surface area contributed by atoms with E-state index in [1.54, 1.807) is 0 Å². The number of esters is 1. The predicted molar refractivity (Wildman–Crippen MR) is 85.4 cm³/mol. The summed E-state index contributed by atoms with van der Waals surface area (Å²) in [5, 5.41) is 2.22. The van der Waals surface area contributed by atoms with Crippen LogP contribution in [0.1, 0.15) is 24.8 Å². The van der Waals surface area contributed by atoms with Crippen LogP contribution in [0.25, 0.3) is 0 Å². The van der Waals surface area contributed by atoms with E-state index in [4.69, 9.17) is 4.74 Å². The molecule has 0 aromatic heterocycles. The van der Waals surface area contributed by atoms with Gasteiger partial charge in [0.1, 0.15) is 11.6 Å². The molecule has 1 atom stereocenters. The molecule has 2 rings (SSSR count). The first-order valence-corrected chi connectivity index (χ1v) is 7.41. The van der Waals surface area contributed by atoms with Crippen LogP contribution in [0.5, 0.6) is 0 Å². The summed E-state index contributed by atoms with van der Waals surface area (Å²) in [6, 6.07) is 12.2. The zero-order valence-electron chi connectivity index (χ0n) is 13.1. The highest BCUT2D eigenvalue weighted by molar-refractivity contribution is 5.92. The molecule has 0 aliphatic rings. The van der Waals surface area contributed by atoms with E-state index in [1.165, 1.54) is 0 Å². The Kier molecular flexibility index (Phi) is 6.01. The first-order chi connectivity index (χ1) is 11.5. The van der Waals surface area contributed by atoms with Crippen LogP contribution in [-0.2, 0) is 14.3 Å². The third kappa shape index (κ3) is 5.15. The number of hydrogen-bond acceptors (Lipinski definition) is 3. The average molecular weight is 333 g/mol. The van der Waals surface area contributed by atoms with Crippen LogP contribution in [-0.4, -0.2) is 18.5 Å². The van der Waals surface area contributed by atoms with Crippen LogP contribution < -0.4 is 5.32 Å². The number of halogens is 2. The summed E-state index contributed by atoms with van der Waals surface area (Å²) in [5.74, 6) is -2.90. The maximum absolute atomic E-state index is 13.4. The Morgan fingerprint density at radius 3 is 2.50 bits per heavy atom. The normalized spacial score (nSPS) is 11.6. The summed E-state index contributed by atoms with van der Waals surface area (Å²) in [4.78, 5) is 23.4. The number of nitrogens with one attached hydrogen (secondary N) is 1. The molecule has 6 heteroatoms. The molecule has 2 aromatic rings. The number of ether oxygens (including phenoxy) is 1. The smallest absolute Gasteiger partial charge is 0.306 e. The highest BCUT2D eigenvalue weighted by Gasteiger charge is 2.14. The Morgan fingerprint density at radius 2 is 1.83 bits per heavy atom. The largest absolute Gasteiger partial charge is 0.456 e. The quantitative estimate of drug-likeness (QED) is 0.821. The summed E-state index contributed by atoms with van der Waals surface area (Å²) in [6.07, 6.45) is 0.127. The highest BCUT2D eigenvalue weighted by atomic mass is 19.1. The number of carbonyl (C=O) groups is 2. The first-order valence-electron chi connectivity index (χ1n) is 7.41. The number of benzene rings is 2. The Hall–Kier alpha value is -2.76. The van der Waals surface area contributed by atoms with Crippen LogP contribution in [0.15, 0.2) is 48.5 Å². The molecule has 4 nitrogen and oxygen atoms in total. The van der Waals surface area contributed by atoms with E-state index >= 15 is 0 Å². The van der Waals surface area contributed by atoms with Gasteiger partial charge in [-0.3, -0.25) is 9.59 Å². The Bertz CT molecular complexity index is 719. The Labute approximate surface area is 138 Å². The maximum Gasteiger partial charge on any atom is 0.306 e. The lowest BCUT2D eigenvalue weighted by atomic mass is 9.98. The molecule has 126 valence electrons. The fourth-order valence-corrected chi connectivity index (χ4v) is 2.13. The summed E-state index contributed by atoms with van der Waals surface area (Å²) in [7, 11) is 0. The molecule has 0 spiro atoms. The fourth-order valence-electron chi connectivity index (χ4n) is 2.13. The van der Waals surface area contributed by atoms with Gasteiger partial charge in [-0.25, -0.2) is 8.78 Å². The molecule has 2 aromatic carbocycles. The van der Waals surface area contributed by atoms with Crippen molar-refractivity contribution in [3.63, 3.8) is 0 Å². The monoisotopic (exact) mass is 333 g/mol. The van der Waals surface area contributed by atoms with E-state index in [0.29, 0.717) is 6.07 Å². The minimum atomic E-state index is -0.896. The molecule has 0 radical (unpaired) electrons. The molecule has 0 saturated heterocycles. The van der Waals surface area contributed by atoms with Crippen molar-refractivity contribution in [1.29, 1.82) is 0 Å².